The van der Waals surface area contributed by atoms with Gasteiger partial charge >= 0.3 is 12.2 Å². The highest BCUT2D eigenvalue weighted by Gasteiger charge is 2.30. The molecule has 2 N–H and O–H groups in total. The van der Waals surface area contributed by atoms with Crippen molar-refractivity contribution in [2.45, 2.75) is 51.4 Å². The normalized spacial score (nSPS) is 22.2. The number of carbonyl (C=O) groups is 1. The summed E-state index contributed by atoms with van der Waals surface area (Å²) in [7, 11) is 0. The Labute approximate surface area is 128 Å². The van der Waals surface area contributed by atoms with Crippen LogP contribution >= 0.6 is 0 Å². The summed E-state index contributed by atoms with van der Waals surface area (Å²) >= 11 is 0. The monoisotopic (exact) mass is 314 g/mol. The maximum Gasteiger partial charge on any atom is 0.416 e. The van der Waals surface area contributed by atoms with Crippen molar-refractivity contribution in [1.82, 2.24) is 10.6 Å². The highest BCUT2D eigenvalue weighted by atomic mass is 19.4. The van der Waals surface area contributed by atoms with Gasteiger partial charge in [-0.2, -0.15) is 13.2 Å². The van der Waals surface area contributed by atoms with Crippen LogP contribution in [-0.2, 0) is 12.7 Å². The summed E-state index contributed by atoms with van der Waals surface area (Å²) in [5, 5.41) is 5.64. The Hall–Kier alpha value is -1.72. The van der Waals surface area contributed by atoms with Crippen molar-refractivity contribution in [3.63, 3.8) is 0 Å². The lowest BCUT2D eigenvalue weighted by Gasteiger charge is -2.29. The van der Waals surface area contributed by atoms with Crippen molar-refractivity contribution in [3.8, 4) is 0 Å². The van der Waals surface area contributed by atoms with Gasteiger partial charge in [0.05, 0.1) is 5.56 Å². The zero-order valence-electron chi connectivity index (χ0n) is 12.5. The van der Waals surface area contributed by atoms with Crippen LogP contribution in [0, 0.1) is 5.92 Å². The van der Waals surface area contributed by atoms with Crippen molar-refractivity contribution in [2.24, 2.45) is 5.92 Å². The summed E-state index contributed by atoms with van der Waals surface area (Å²) in [5.74, 6) is 0.463. The fourth-order valence-corrected chi connectivity index (χ4v) is 2.74. The van der Waals surface area contributed by atoms with Gasteiger partial charge in [0.1, 0.15) is 0 Å². The predicted octanol–water partition coefficient (Wildman–Crippen LogP) is 4.08. The van der Waals surface area contributed by atoms with Crippen LogP contribution < -0.4 is 10.6 Å². The second-order valence-electron chi connectivity index (χ2n) is 5.89. The van der Waals surface area contributed by atoms with E-state index in [-0.39, 0.29) is 18.6 Å². The number of halogens is 3. The van der Waals surface area contributed by atoms with Crippen LogP contribution in [0.25, 0.3) is 0 Å². The van der Waals surface area contributed by atoms with Crippen LogP contribution in [-0.4, -0.2) is 12.1 Å². The molecule has 1 saturated carbocycles. The second-order valence-corrected chi connectivity index (χ2v) is 5.89. The van der Waals surface area contributed by atoms with Gasteiger partial charge in [0, 0.05) is 12.6 Å². The van der Waals surface area contributed by atoms with Gasteiger partial charge in [-0.3, -0.25) is 0 Å². The Kier molecular flexibility index (Phi) is 5.32. The lowest BCUT2D eigenvalue weighted by molar-refractivity contribution is -0.137. The van der Waals surface area contributed by atoms with E-state index in [1.165, 1.54) is 18.6 Å². The van der Waals surface area contributed by atoms with Gasteiger partial charge in [-0.15, -0.1) is 0 Å². The molecule has 2 rings (SSSR count). The molecule has 1 aliphatic rings. The third kappa shape index (κ3) is 4.64. The Bertz CT molecular complexity index is 499. The molecule has 22 heavy (non-hydrogen) atoms. The minimum absolute atomic E-state index is 0.182. The number of alkyl halides is 3. The summed E-state index contributed by atoms with van der Waals surface area (Å²) < 4.78 is 37.4. The first-order valence-corrected chi connectivity index (χ1v) is 7.57. The molecule has 0 radical (unpaired) electrons. The van der Waals surface area contributed by atoms with Gasteiger partial charge in [-0.25, -0.2) is 4.79 Å². The topological polar surface area (TPSA) is 41.1 Å². The smallest absolute Gasteiger partial charge is 0.335 e. The van der Waals surface area contributed by atoms with E-state index in [0.717, 1.165) is 31.4 Å². The Balaban J connectivity index is 1.81. The molecule has 0 bridgehead atoms. The minimum atomic E-state index is -4.33. The molecule has 3 nitrogen and oxygen atoms in total. The van der Waals surface area contributed by atoms with Gasteiger partial charge in [0.25, 0.3) is 0 Å². The van der Waals surface area contributed by atoms with Gasteiger partial charge in [0.2, 0.25) is 0 Å². The molecule has 2 atom stereocenters. The SMILES string of the molecule is C[C@@H]1CCCC[C@H]1NC(=O)NCc1ccc(C(F)(F)F)cc1. The van der Waals surface area contributed by atoms with Gasteiger partial charge < -0.3 is 10.6 Å². The third-order valence-corrected chi connectivity index (χ3v) is 4.16. The van der Waals surface area contributed by atoms with E-state index in [1.54, 1.807) is 0 Å². The van der Waals surface area contributed by atoms with E-state index in [1.807, 2.05) is 0 Å². The van der Waals surface area contributed by atoms with Gasteiger partial charge in [0.15, 0.2) is 0 Å². The van der Waals surface area contributed by atoms with E-state index in [0.29, 0.717) is 11.5 Å². The van der Waals surface area contributed by atoms with Crippen LogP contribution in [0.15, 0.2) is 24.3 Å². The maximum absolute atomic E-state index is 12.5. The Morgan fingerprint density at radius 1 is 1.18 bits per heavy atom. The Morgan fingerprint density at radius 2 is 1.82 bits per heavy atom. The van der Waals surface area contributed by atoms with E-state index in [9.17, 15) is 18.0 Å². The number of hydrogen-bond donors (Lipinski definition) is 2. The predicted molar refractivity (Wildman–Crippen MR) is 78.2 cm³/mol. The van der Waals surface area contributed by atoms with Crippen LogP contribution in [0.1, 0.15) is 43.7 Å². The molecular formula is C16H21F3N2O. The van der Waals surface area contributed by atoms with Crippen LogP contribution in [0.4, 0.5) is 18.0 Å². The molecule has 1 aliphatic carbocycles. The van der Waals surface area contributed by atoms with Gasteiger partial charge in [-0.05, 0) is 36.5 Å². The van der Waals surface area contributed by atoms with Crippen molar-refractivity contribution in [2.75, 3.05) is 0 Å². The number of nitrogens with one attached hydrogen (secondary N) is 2. The molecule has 0 aliphatic heterocycles. The summed E-state index contributed by atoms with van der Waals surface area (Å²) in [6.07, 6.45) is 0.0832. The number of rotatable bonds is 3. The quantitative estimate of drug-likeness (QED) is 0.867. The molecule has 6 heteroatoms. The number of urea groups is 1. The summed E-state index contributed by atoms with van der Waals surface area (Å²) in [4.78, 5) is 11.9. The summed E-state index contributed by atoms with van der Waals surface area (Å²) in [6, 6.07) is 4.73. The molecule has 0 aromatic heterocycles. The number of carbonyl (C=O) groups excluding carboxylic acids is 1. The molecular weight excluding hydrogens is 293 g/mol. The van der Waals surface area contributed by atoms with Crippen molar-refractivity contribution < 1.29 is 18.0 Å². The number of benzene rings is 1. The van der Waals surface area contributed by atoms with E-state index >= 15 is 0 Å². The molecule has 0 spiro atoms. The fraction of sp³-hybridized carbons (Fsp3) is 0.562. The molecule has 1 fully saturated rings. The summed E-state index contributed by atoms with van der Waals surface area (Å²) in [5.41, 5.74) is -0.0448. The number of amides is 2. The van der Waals surface area contributed by atoms with Crippen LogP contribution in [0.3, 0.4) is 0 Å². The van der Waals surface area contributed by atoms with Crippen molar-refractivity contribution in [1.29, 1.82) is 0 Å². The van der Waals surface area contributed by atoms with E-state index in [4.69, 9.17) is 0 Å². The largest absolute Gasteiger partial charge is 0.416 e. The average Bonchev–Trinajstić information content (AvgIpc) is 2.47. The first kappa shape index (κ1) is 16.6. The summed E-state index contributed by atoms with van der Waals surface area (Å²) in [6.45, 7) is 2.34. The van der Waals surface area contributed by atoms with Gasteiger partial charge in [-0.1, -0.05) is 31.9 Å². The lowest BCUT2D eigenvalue weighted by atomic mass is 9.86. The second kappa shape index (κ2) is 7.03. The highest BCUT2D eigenvalue weighted by Crippen LogP contribution is 2.29. The standard InChI is InChI=1S/C16H21F3N2O/c1-11-4-2-3-5-14(11)21-15(22)20-10-12-6-8-13(9-7-12)16(17,18)19/h6-9,11,14H,2-5,10H2,1H3,(H2,20,21,22)/t11-,14-/m1/s1. The van der Waals surface area contributed by atoms with Crippen molar-refractivity contribution >= 4 is 6.03 Å². The van der Waals surface area contributed by atoms with Crippen LogP contribution in [0.2, 0.25) is 0 Å². The first-order valence-electron chi connectivity index (χ1n) is 7.57. The third-order valence-electron chi connectivity index (χ3n) is 4.16. The molecule has 122 valence electrons. The minimum Gasteiger partial charge on any atom is -0.335 e. The molecule has 0 unspecified atom stereocenters. The van der Waals surface area contributed by atoms with Crippen molar-refractivity contribution in [3.05, 3.63) is 35.4 Å². The van der Waals surface area contributed by atoms with E-state index < -0.39 is 11.7 Å². The molecule has 0 heterocycles. The van der Waals surface area contributed by atoms with Crippen LogP contribution in [0.5, 0.6) is 0 Å². The van der Waals surface area contributed by atoms with E-state index in [2.05, 4.69) is 17.6 Å². The molecule has 1 aromatic carbocycles. The molecule has 2 amide bonds. The zero-order chi connectivity index (χ0) is 16.2. The lowest BCUT2D eigenvalue weighted by Crippen LogP contribution is -2.45. The zero-order valence-corrected chi connectivity index (χ0v) is 12.5. The first-order chi connectivity index (χ1) is 10.4. The number of hydrogen-bond acceptors (Lipinski definition) is 1. The Morgan fingerprint density at radius 3 is 2.41 bits per heavy atom. The molecule has 0 saturated heterocycles. The molecule has 1 aromatic rings. The average molecular weight is 314 g/mol. The maximum atomic E-state index is 12.5. The fourth-order valence-electron chi connectivity index (χ4n) is 2.74. The highest BCUT2D eigenvalue weighted by molar-refractivity contribution is 5.74.